The molecule has 1 heterocycles. The summed E-state index contributed by atoms with van der Waals surface area (Å²) in [5.41, 5.74) is 0.516. The third-order valence-corrected chi connectivity index (χ3v) is 2.00. The molecule has 2 rings (SSSR count). The van der Waals surface area contributed by atoms with Gasteiger partial charge >= 0.3 is 0 Å². The summed E-state index contributed by atoms with van der Waals surface area (Å²) in [5.74, 6) is 0. The number of rotatable bonds is 1. The lowest BCUT2D eigenvalue weighted by molar-refractivity contribution is -0.383. The molecular formula is C8H5ClN2O2. The molecular weight excluding hydrogens is 192 g/mol. The van der Waals surface area contributed by atoms with Gasteiger partial charge in [0.15, 0.2) is 0 Å². The van der Waals surface area contributed by atoms with E-state index in [-0.39, 0.29) is 5.69 Å². The number of benzene rings is 1. The monoisotopic (exact) mass is 196 g/mol. The van der Waals surface area contributed by atoms with E-state index in [0.717, 1.165) is 5.39 Å². The molecule has 66 valence electrons. The Morgan fingerprint density at radius 1 is 1.46 bits per heavy atom. The molecule has 0 aliphatic heterocycles. The van der Waals surface area contributed by atoms with Gasteiger partial charge in [0, 0.05) is 11.5 Å². The van der Waals surface area contributed by atoms with Gasteiger partial charge in [-0.3, -0.25) is 10.1 Å². The topological polar surface area (TPSA) is 58.9 Å². The highest BCUT2D eigenvalue weighted by atomic mass is 35.5. The molecule has 4 nitrogen and oxygen atoms in total. The number of nitro groups is 1. The number of hydrogen-bond donors (Lipinski definition) is 1. The second kappa shape index (κ2) is 2.74. The number of nitro benzene ring substituents is 1. The molecule has 1 aromatic heterocycles. The molecule has 2 aromatic rings. The van der Waals surface area contributed by atoms with Gasteiger partial charge < -0.3 is 4.98 Å². The van der Waals surface area contributed by atoms with E-state index in [1.807, 2.05) is 0 Å². The quantitative estimate of drug-likeness (QED) is 0.563. The van der Waals surface area contributed by atoms with Crippen molar-refractivity contribution in [3.8, 4) is 0 Å². The van der Waals surface area contributed by atoms with Crippen molar-refractivity contribution in [2.75, 3.05) is 0 Å². The molecule has 0 fully saturated rings. The third-order valence-electron chi connectivity index (χ3n) is 1.80. The maximum absolute atomic E-state index is 10.6. The van der Waals surface area contributed by atoms with Crippen molar-refractivity contribution in [2.45, 2.75) is 0 Å². The molecule has 0 aliphatic rings. The Bertz CT molecular complexity index is 478. The number of aromatic nitrogens is 1. The normalized spacial score (nSPS) is 10.5. The average molecular weight is 197 g/mol. The summed E-state index contributed by atoms with van der Waals surface area (Å²) >= 11 is 5.68. The Morgan fingerprint density at radius 2 is 2.23 bits per heavy atom. The number of nitrogens with one attached hydrogen (secondary N) is 1. The van der Waals surface area contributed by atoms with Crippen LogP contribution in [0.2, 0.25) is 5.15 Å². The molecule has 0 unspecified atom stereocenters. The minimum Gasteiger partial charge on any atom is -0.340 e. The molecule has 0 spiro atoms. The number of fused-ring (bicyclic) bond motifs is 1. The number of para-hydroxylation sites is 1. The van der Waals surface area contributed by atoms with Crippen LogP contribution in [0.25, 0.3) is 10.9 Å². The van der Waals surface area contributed by atoms with E-state index in [9.17, 15) is 10.1 Å². The van der Waals surface area contributed by atoms with Crippen LogP contribution in [0, 0.1) is 10.1 Å². The van der Waals surface area contributed by atoms with Gasteiger partial charge in [-0.15, -0.1) is 0 Å². The number of hydrogen-bond acceptors (Lipinski definition) is 2. The Labute approximate surface area is 78.3 Å². The van der Waals surface area contributed by atoms with Crippen LogP contribution < -0.4 is 0 Å². The summed E-state index contributed by atoms with van der Waals surface area (Å²) in [7, 11) is 0. The molecule has 1 N–H and O–H groups in total. The smallest absolute Gasteiger partial charge is 0.293 e. The number of halogens is 1. The van der Waals surface area contributed by atoms with Crippen LogP contribution in [-0.2, 0) is 0 Å². The molecule has 13 heavy (non-hydrogen) atoms. The summed E-state index contributed by atoms with van der Waals surface area (Å²) in [4.78, 5) is 12.9. The zero-order valence-electron chi connectivity index (χ0n) is 6.45. The standard InChI is InChI=1S/C8H5ClN2O2/c9-7-4-5-2-1-3-6(11(12)13)8(5)10-7/h1-4,10H. The van der Waals surface area contributed by atoms with E-state index < -0.39 is 4.92 Å². The van der Waals surface area contributed by atoms with E-state index in [1.54, 1.807) is 18.2 Å². The van der Waals surface area contributed by atoms with Gasteiger partial charge in [0.25, 0.3) is 5.69 Å². The fourth-order valence-electron chi connectivity index (χ4n) is 1.26. The van der Waals surface area contributed by atoms with Crippen molar-refractivity contribution in [2.24, 2.45) is 0 Å². The van der Waals surface area contributed by atoms with Crippen LogP contribution in [0.3, 0.4) is 0 Å². The van der Waals surface area contributed by atoms with Crippen molar-refractivity contribution in [3.63, 3.8) is 0 Å². The molecule has 0 aliphatic carbocycles. The first-order valence-electron chi connectivity index (χ1n) is 3.60. The SMILES string of the molecule is O=[N+]([O-])c1cccc2cc(Cl)[nH]c12. The highest BCUT2D eigenvalue weighted by molar-refractivity contribution is 6.30. The van der Waals surface area contributed by atoms with Gasteiger partial charge in [-0.1, -0.05) is 23.7 Å². The fourth-order valence-corrected chi connectivity index (χ4v) is 1.47. The Balaban J connectivity index is 2.82. The van der Waals surface area contributed by atoms with E-state index in [0.29, 0.717) is 10.7 Å². The van der Waals surface area contributed by atoms with Crippen molar-refractivity contribution >= 4 is 28.2 Å². The summed E-state index contributed by atoms with van der Waals surface area (Å²) in [5, 5.41) is 11.7. The number of aromatic amines is 1. The Hall–Kier alpha value is -1.55. The van der Waals surface area contributed by atoms with E-state index in [1.165, 1.54) is 6.07 Å². The van der Waals surface area contributed by atoms with Gasteiger partial charge in [0.2, 0.25) is 0 Å². The summed E-state index contributed by atoms with van der Waals surface area (Å²) in [6.07, 6.45) is 0. The largest absolute Gasteiger partial charge is 0.340 e. The van der Waals surface area contributed by atoms with Crippen molar-refractivity contribution in [1.29, 1.82) is 0 Å². The van der Waals surface area contributed by atoms with Crippen LogP contribution in [0.4, 0.5) is 5.69 Å². The molecule has 0 amide bonds. The minimum absolute atomic E-state index is 0.0457. The van der Waals surface area contributed by atoms with E-state index in [4.69, 9.17) is 11.6 Å². The Kier molecular flexibility index (Phi) is 1.70. The van der Waals surface area contributed by atoms with Crippen LogP contribution in [0.5, 0.6) is 0 Å². The van der Waals surface area contributed by atoms with E-state index in [2.05, 4.69) is 4.98 Å². The summed E-state index contributed by atoms with van der Waals surface area (Å²) < 4.78 is 0. The Morgan fingerprint density at radius 3 is 2.92 bits per heavy atom. The predicted octanol–water partition coefficient (Wildman–Crippen LogP) is 2.73. The van der Waals surface area contributed by atoms with Crippen LogP contribution in [-0.4, -0.2) is 9.91 Å². The molecule has 0 radical (unpaired) electrons. The lowest BCUT2D eigenvalue weighted by Crippen LogP contribution is -1.88. The maximum atomic E-state index is 10.6. The van der Waals surface area contributed by atoms with Gasteiger partial charge in [-0.05, 0) is 6.07 Å². The second-order valence-electron chi connectivity index (χ2n) is 2.62. The first kappa shape index (κ1) is 8.07. The maximum Gasteiger partial charge on any atom is 0.293 e. The van der Waals surface area contributed by atoms with Gasteiger partial charge in [-0.2, -0.15) is 0 Å². The summed E-state index contributed by atoms with van der Waals surface area (Å²) in [6.45, 7) is 0. The number of nitrogens with zero attached hydrogens (tertiary/aromatic N) is 1. The number of H-pyrrole nitrogens is 1. The van der Waals surface area contributed by atoms with E-state index >= 15 is 0 Å². The molecule has 5 heteroatoms. The van der Waals surface area contributed by atoms with Crippen molar-refractivity contribution in [1.82, 2.24) is 4.98 Å². The fraction of sp³-hybridized carbons (Fsp3) is 0. The highest BCUT2D eigenvalue weighted by Crippen LogP contribution is 2.26. The molecule has 0 saturated carbocycles. The predicted molar refractivity (Wildman–Crippen MR) is 50.0 cm³/mol. The lowest BCUT2D eigenvalue weighted by Gasteiger charge is -1.91. The summed E-state index contributed by atoms with van der Waals surface area (Å²) in [6, 6.07) is 6.49. The van der Waals surface area contributed by atoms with Gasteiger partial charge in [0.1, 0.15) is 10.7 Å². The zero-order valence-corrected chi connectivity index (χ0v) is 7.21. The minimum atomic E-state index is -0.435. The first-order valence-corrected chi connectivity index (χ1v) is 3.98. The molecule has 0 saturated heterocycles. The second-order valence-corrected chi connectivity index (χ2v) is 3.02. The van der Waals surface area contributed by atoms with Crippen LogP contribution in [0.15, 0.2) is 24.3 Å². The lowest BCUT2D eigenvalue weighted by atomic mass is 10.2. The molecule has 0 atom stereocenters. The number of non-ortho nitro benzene ring substituents is 1. The zero-order chi connectivity index (χ0) is 9.42. The third kappa shape index (κ3) is 1.25. The first-order chi connectivity index (χ1) is 6.18. The van der Waals surface area contributed by atoms with Crippen molar-refractivity contribution in [3.05, 3.63) is 39.5 Å². The van der Waals surface area contributed by atoms with Gasteiger partial charge in [-0.25, -0.2) is 0 Å². The average Bonchev–Trinajstić information content (AvgIpc) is 2.43. The van der Waals surface area contributed by atoms with Gasteiger partial charge in [0.05, 0.1) is 4.92 Å². The van der Waals surface area contributed by atoms with Crippen LogP contribution >= 0.6 is 11.6 Å². The highest BCUT2D eigenvalue weighted by Gasteiger charge is 2.12. The van der Waals surface area contributed by atoms with Crippen molar-refractivity contribution < 1.29 is 4.92 Å². The molecule has 1 aromatic carbocycles. The molecule has 0 bridgehead atoms. The van der Waals surface area contributed by atoms with Crippen LogP contribution in [0.1, 0.15) is 0 Å².